The molecule has 0 aliphatic rings. The maximum absolute atomic E-state index is 10.5. The van der Waals surface area contributed by atoms with Crippen molar-refractivity contribution in [2.45, 2.75) is 46.6 Å². The highest BCUT2D eigenvalue weighted by molar-refractivity contribution is 5.50. The number of aldehydes is 1. The minimum absolute atomic E-state index is 0.0190. The molecule has 1 aromatic heterocycles. The molecule has 0 N–H and O–H groups in total. The molecule has 0 aliphatic carbocycles. The normalized spacial score (nSPS) is 11.7. The van der Waals surface area contributed by atoms with Gasteiger partial charge in [0.15, 0.2) is 0 Å². The summed E-state index contributed by atoms with van der Waals surface area (Å²) in [6.07, 6.45) is 5.36. The molecule has 0 saturated heterocycles. The van der Waals surface area contributed by atoms with Gasteiger partial charge in [-0.25, -0.2) is 0 Å². The van der Waals surface area contributed by atoms with Crippen molar-refractivity contribution >= 4 is 6.29 Å². The Morgan fingerprint density at radius 1 is 1.53 bits per heavy atom. The fourth-order valence-electron chi connectivity index (χ4n) is 1.55. The van der Waals surface area contributed by atoms with Gasteiger partial charge in [0.2, 0.25) is 0 Å². The molecule has 0 saturated carbocycles. The van der Waals surface area contributed by atoms with Crippen molar-refractivity contribution < 1.29 is 4.79 Å². The number of carbonyl (C=O) groups is 1. The zero-order valence-corrected chi connectivity index (χ0v) is 9.73. The zero-order chi connectivity index (χ0) is 11.3. The molecule has 15 heavy (non-hydrogen) atoms. The van der Waals surface area contributed by atoms with E-state index in [4.69, 9.17) is 0 Å². The van der Waals surface area contributed by atoms with E-state index in [2.05, 4.69) is 31.1 Å². The molecular formula is C11H19N3O. The minimum atomic E-state index is -0.0190. The van der Waals surface area contributed by atoms with Crippen LogP contribution in [0.5, 0.6) is 0 Å². The van der Waals surface area contributed by atoms with Crippen LogP contribution in [0.2, 0.25) is 0 Å². The molecule has 0 radical (unpaired) electrons. The van der Waals surface area contributed by atoms with Crippen LogP contribution in [0.15, 0.2) is 6.20 Å². The van der Waals surface area contributed by atoms with Crippen LogP contribution in [-0.2, 0) is 17.8 Å². The first kappa shape index (κ1) is 11.9. The van der Waals surface area contributed by atoms with Gasteiger partial charge in [-0.2, -0.15) is 0 Å². The Hall–Kier alpha value is -1.19. The highest BCUT2D eigenvalue weighted by Crippen LogP contribution is 2.23. The van der Waals surface area contributed by atoms with Crippen molar-refractivity contribution in [3.63, 3.8) is 0 Å². The van der Waals surface area contributed by atoms with Gasteiger partial charge in [0.05, 0.1) is 5.69 Å². The third-order valence-electron chi connectivity index (χ3n) is 2.33. The van der Waals surface area contributed by atoms with E-state index in [9.17, 15) is 4.79 Å². The lowest BCUT2D eigenvalue weighted by Gasteiger charge is -2.19. The van der Waals surface area contributed by atoms with Crippen molar-refractivity contribution in [2.24, 2.45) is 5.41 Å². The van der Waals surface area contributed by atoms with E-state index in [0.29, 0.717) is 6.42 Å². The average molecular weight is 209 g/mol. The molecule has 84 valence electrons. The van der Waals surface area contributed by atoms with Crippen LogP contribution in [0, 0.1) is 5.41 Å². The number of hydrogen-bond donors (Lipinski definition) is 0. The first-order valence-corrected chi connectivity index (χ1v) is 5.40. The standard InChI is InChI=1S/C11H19N3O/c1-4-6-14-9-10(12-13-14)8-11(2,3)5-7-15/h7,9H,4-6,8H2,1-3H3. The number of rotatable bonds is 6. The molecule has 0 atom stereocenters. The highest BCUT2D eigenvalue weighted by atomic mass is 16.1. The van der Waals surface area contributed by atoms with E-state index in [0.717, 1.165) is 31.4 Å². The van der Waals surface area contributed by atoms with Gasteiger partial charge in [-0.3, -0.25) is 4.68 Å². The topological polar surface area (TPSA) is 47.8 Å². The van der Waals surface area contributed by atoms with Gasteiger partial charge in [-0.05, 0) is 18.3 Å². The smallest absolute Gasteiger partial charge is 0.120 e. The largest absolute Gasteiger partial charge is 0.303 e. The van der Waals surface area contributed by atoms with Crippen molar-refractivity contribution in [3.05, 3.63) is 11.9 Å². The second-order valence-electron chi connectivity index (χ2n) is 4.68. The van der Waals surface area contributed by atoms with E-state index in [1.807, 2.05) is 10.9 Å². The second-order valence-corrected chi connectivity index (χ2v) is 4.68. The van der Waals surface area contributed by atoms with Crippen molar-refractivity contribution in [1.29, 1.82) is 0 Å². The van der Waals surface area contributed by atoms with Gasteiger partial charge in [0.25, 0.3) is 0 Å². The fourth-order valence-corrected chi connectivity index (χ4v) is 1.55. The highest BCUT2D eigenvalue weighted by Gasteiger charge is 2.19. The third-order valence-corrected chi connectivity index (χ3v) is 2.33. The maximum atomic E-state index is 10.5. The molecule has 1 rings (SSSR count). The van der Waals surface area contributed by atoms with Crippen LogP contribution >= 0.6 is 0 Å². The molecule has 0 bridgehead atoms. The number of nitrogens with zero attached hydrogens (tertiary/aromatic N) is 3. The molecular weight excluding hydrogens is 190 g/mol. The summed E-state index contributed by atoms with van der Waals surface area (Å²) < 4.78 is 1.85. The molecule has 0 unspecified atom stereocenters. The Kier molecular flexibility index (Phi) is 4.00. The lowest BCUT2D eigenvalue weighted by atomic mass is 9.85. The summed E-state index contributed by atoms with van der Waals surface area (Å²) in [6, 6.07) is 0. The van der Waals surface area contributed by atoms with Crippen LogP contribution in [0.25, 0.3) is 0 Å². The molecule has 4 heteroatoms. The van der Waals surface area contributed by atoms with E-state index in [1.165, 1.54) is 0 Å². The van der Waals surface area contributed by atoms with Crippen LogP contribution in [-0.4, -0.2) is 21.3 Å². The lowest BCUT2D eigenvalue weighted by molar-refractivity contribution is -0.109. The molecule has 4 nitrogen and oxygen atoms in total. The summed E-state index contributed by atoms with van der Waals surface area (Å²) >= 11 is 0. The molecule has 1 heterocycles. The van der Waals surface area contributed by atoms with E-state index in [-0.39, 0.29) is 5.41 Å². The molecule has 0 aromatic carbocycles. The monoisotopic (exact) mass is 209 g/mol. The predicted octanol–water partition coefficient (Wildman–Crippen LogP) is 1.85. The van der Waals surface area contributed by atoms with Gasteiger partial charge in [0.1, 0.15) is 6.29 Å². The quantitative estimate of drug-likeness (QED) is 0.672. The number of aryl methyl sites for hydroxylation is 1. The summed E-state index contributed by atoms with van der Waals surface area (Å²) in [5.74, 6) is 0. The van der Waals surface area contributed by atoms with Crippen LogP contribution in [0.1, 0.15) is 39.3 Å². The predicted molar refractivity (Wildman–Crippen MR) is 58.5 cm³/mol. The van der Waals surface area contributed by atoms with Crippen molar-refractivity contribution in [1.82, 2.24) is 15.0 Å². The number of hydrogen-bond acceptors (Lipinski definition) is 3. The Balaban J connectivity index is 2.59. The van der Waals surface area contributed by atoms with Gasteiger partial charge >= 0.3 is 0 Å². The third kappa shape index (κ3) is 3.81. The molecule has 0 fully saturated rings. The first-order valence-electron chi connectivity index (χ1n) is 5.40. The number of aromatic nitrogens is 3. The summed E-state index contributed by atoms with van der Waals surface area (Å²) in [5.41, 5.74) is 0.949. The Morgan fingerprint density at radius 3 is 2.87 bits per heavy atom. The van der Waals surface area contributed by atoms with E-state index < -0.39 is 0 Å². The molecule has 0 amide bonds. The molecule has 0 spiro atoms. The van der Waals surface area contributed by atoms with Gasteiger partial charge in [-0.1, -0.05) is 26.0 Å². The Labute approximate surface area is 90.7 Å². The zero-order valence-electron chi connectivity index (χ0n) is 9.73. The Bertz CT molecular complexity index is 317. The number of carbonyl (C=O) groups excluding carboxylic acids is 1. The van der Waals surface area contributed by atoms with E-state index >= 15 is 0 Å². The van der Waals surface area contributed by atoms with Crippen LogP contribution < -0.4 is 0 Å². The summed E-state index contributed by atoms with van der Waals surface area (Å²) in [7, 11) is 0. The summed E-state index contributed by atoms with van der Waals surface area (Å²) in [6.45, 7) is 7.15. The van der Waals surface area contributed by atoms with Crippen molar-refractivity contribution in [3.8, 4) is 0 Å². The minimum Gasteiger partial charge on any atom is -0.303 e. The van der Waals surface area contributed by atoms with Crippen LogP contribution in [0.4, 0.5) is 0 Å². The average Bonchev–Trinajstić information content (AvgIpc) is 2.52. The fraction of sp³-hybridized carbons (Fsp3) is 0.727. The first-order chi connectivity index (χ1) is 7.07. The summed E-state index contributed by atoms with van der Waals surface area (Å²) in [5, 5.41) is 8.13. The lowest BCUT2D eigenvalue weighted by Crippen LogP contribution is -2.15. The second kappa shape index (κ2) is 5.05. The van der Waals surface area contributed by atoms with E-state index in [1.54, 1.807) is 0 Å². The van der Waals surface area contributed by atoms with Crippen molar-refractivity contribution in [2.75, 3.05) is 0 Å². The van der Waals surface area contributed by atoms with Gasteiger partial charge in [0, 0.05) is 19.2 Å². The molecule has 0 aliphatic heterocycles. The van der Waals surface area contributed by atoms with Crippen LogP contribution in [0.3, 0.4) is 0 Å². The maximum Gasteiger partial charge on any atom is 0.120 e. The summed E-state index contributed by atoms with van der Waals surface area (Å²) in [4.78, 5) is 10.5. The van der Waals surface area contributed by atoms with Gasteiger partial charge < -0.3 is 4.79 Å². The Morgan fingerprint density at radius 2 is 2.27 bits per heavy atom. The van der Waals surface area contributed by atoms with Gasteiger partial charge in [-0.15, -0.1) is 5.10 Å². The molecule has 1 aromatic rings. The SMILES string of the molecule is CCCn1cc(CC(C)(C)CC=O)nn1.